The van der Waals surface area contributed by atoms with E-state index < -0.39 is 10.8 Å². The van der Waals surface area contributed by atoms with E-state index in [1.165, 1.54) is 25.5 Å². The molecule has 0 bridgehead atoms. The minimum absolute atomic E-state index is 0.0111. The predicted molar refractivity (Wildman–Crippen MR) is 112 cm³/mol. The van der Waals surface area contributed by atoms with Crippen molar-refractivity contribution < 1.29 is 28.7 Å². The van der Waals surface area contributed by atoms with E-state index in [-0.39, 0.29) is 23.8 Å². The number of methoxy groups -OCH3 is 1. The zero-order chi connectivity index (χ0) is 22.4. The van der Waals surface area contributed by atoms with E-state index in [0.717, 1.165) is 6.42 Å². The van der Waals surface area contributed by atoms with Crippen LogP contribution < -0.4 is 24.4 Å². The number of nitrogens with zero attached hydrogens (tertiary/aromatic N) is 2. The molecular formula is C21H23N3O7. The molecule has 10 nitrogen and oxygen atoms in total. The number of benzene rings is 2. The maximum absolute atomic E-state index is 12.4. The highest BCUT2D eigenvalue weighted by Gasteiger charge is 2.22. The minimum Gasteiger partial charge on any atom is -0.493 e. The van der Waals surface area contributed by atoms with Gasteiger partial charge in [0, 0.05) is 5.56 Å². The molecule has 0 atom stereocenters. The fraction of sp³-hybridized carbons (Fsp3) is 0.333. The molecule has 31 heavy (non-hydrogen) atoms. The lowest BCUT2D eigenvalue weighted by atomic mass is 10.1. The SMILES string of the molecule is COc1cc(C(=O)N/N=C/c2cc3c(cc2[N+](=O)[O-])OCO3)ccc1OCCC(C)C. The van der Waals surface area contributed by atoms with Crippen LogP contribution in [0.1, 0.15) is 36.2 Å². The Hall–Kier alpha value is -3.82. The van der Waals surface area contributed by atoms with Gasteiger partial charge >= 0.3 is 0 Å². The van der Waals surface area contributed by atoms with E-state index in [4.69, 9.17) is 18.9 Å². The van der Waals surface area contributed by atoms with Crippen molar-refractivity contribution in [3.63, 3.8) is 0 Å². The Morgan fingerprint density at radius 3 is 2.68 bits per heavy atom. The molecule has 1 aliphatic heterocycles. The lowest BCUT2D eigenvalue weighted by Gasteiger charge is -2.12. The van der Waals surface area contributed by atoms with Crippen LogP contribution in [0.4, 0.5) is 5.69 Å². The van der Waals surface area contributed by atoms with Gasteiger partial charge in [-0.05, 0) is 36.6 Å². The predicted octanol–water partition coefficient (Wildman–Crippen LogP) is 3.52. The Morgan fingerprint density at radius 2 is 2.00 bits per heavy atom. The second-order valence-corrected chi connectivity index (χ2v) is 7.12. The normalized spacial score (nSPS) is 12.3. The topological polar surface area (TPSA) is 122 Å². The molecular weight excluding hydrogens is 406 g/mol. The van der Waals surface area contributed by atoms with Crippen molar-refractivity contribution in [1.82, 2.24) is 5.43 Å². The number of hydrogen-bond donors (Lipinski definition) is 1. The van der Waals surface area contributed by atoms with Gasteiger partial charge in [-0.3, -0.25) is 14.9 Å². The Bertz CT molecular complexity index is 1000. The fourth-order valence-electron chi connectivity index (χ4n) is 2.77. The number of rotatable bonds is 9. The van der Waals surface area contributed by atoms with Gasteiger partial charge in [0.25, 0.3) is 11.6 Å². The third kappa shape index (κ3) is 5.41. The average molecular weight is 429 g/mol. The van der Waals surface area contributed by atoms with Gasteiger partial charge in [-0.25, -0.2) is 5.43 Å². The van der Waals surface area contributed by atoms with Crippen LogP contribution in [0.25, 0.3) is 0 Å². The van der Waals surface area contributed by atoms with Crippen molar-refractivity contribution in [3.8, 4) is 23.0 Å². The third-order valence-corrected chi connectivity index (χ3v) is 4.47. The number of hydrogen-bond acceptors (Lipinski definition) is 8. The first-order chi connectivity index (χ1) is 14.9. The van der Waals surface area contributed by atoms with Gasteiger partial charge in [-0.15, -0.1) is 0 Å². The standard InChI is InChI=1S/C21H23N3O7/c1-13(2)6-7-29-17-5-4-14(8-18(17)28-3)21(25)23-22-11-15-9-19-20(31-12-30-19)10-16(15)24(26)27/h4-5,8-11,13H,6-7,12H2,1-3H3,(H,23,25)/b22-11+. The molecule has 1 N–H and O–H groups in total. The summed E-state index contributed by atoms with van der Waals surface area (Å²) in [5.41, 5.74) is 2.60. The molecule has 0 spiro atoms. The fourth-order valence-corrected chi connectivity index (χ4v) is 2.77. The maximum Gasteiger partial charge on any atom is 0.282 e. The number of nitro groups is 1. The lowest BCUT2D eigenvalue weighted by Crippen LogP contribution is -2.18. The molecule has 0 aromatic heterocycles. The number of fused-ring (bicyclic) bond motifs is 1. The maximum atomic E-state index is 12.4. The highest BCUT2D eigenvalue weighted by Crippen LogP contribution is 2.37. The summed E-state index contributed by atoms with van der Waals surface area (Å²) >= 11 is 0. The van der Waals surface area contributed by atoms with Gasteiger partial charge in [0.05, 0.1) is 36.5 Å². The average Bonchev–Trinajstić information content (AvgIpc) is 3.20. The molecule has 0 radical (unpaired) electrons. The quantitative estimate of drug-likeness (QED) is 0.368. The van der Waals surface area contributed by atoms with Gasteiger partial charge in [0.15, 0.2) is 23.0 Å². The molecule has 164 valence electrons. The van der Waals surface area contributed by atoms with Gasteiger partial charge < -0.3 is 18.9 Å². The van der Waals surface area contributed by atoms with Crippen LogP contribution in [0.15, 0.2) is 35.4 Å². The Kier molecular flexibility index (Phi) is 6.91. The smallest absolute Gasteiger partial charge is 0.282 e. The zero-order valence-electron chi connectivity index (χ0n) is 17.4. The van der Waals surface area contributed by atoms with E-state index in [2.05, 4.69) is 24.4 Å². The Balaban J connectivity index is 1.69. The van der Waals surface area contributed by atoms with E-state index in [1.807, 2.05) is 0 Å². The lowest BCUT2D eigenvalue weighted by molar-refractivity contribution is -0.385. The molecule has 0 saturated carbocycles. The van der Waals surface area contributed by atoms with Gasteiger partial charge in [0.1, 0.15) is 0 Å². The summed E-state index contributed by atoms with van der Waals surface area (Å²) in [6.07, 6.45) is 2.07. The minimum atomic E-state index is -0.561. The molecule has 1 amide bonds. The molecule has 3 rings (SSSR count). The molecule has 0 unspecified atom stereocenters. The number of hydrazone groups is 1. The summed E-state index contributed by atoms with van der Waals surface area (Å²) in [4.78, 5) is 23.2. The van der Waals surface area contributed by atoms with Crippen molar-refractivity contribution in [1.29, 1.82) is 0 Å². The van der Waals surface area contributed by atoms with Crippen molar-refractivity contribution in [2.75, 3.05) is 20.5 Å². The van der Waals surface area contributed by atoms with Crippen molar-refractivity contribution in [3.05, 3.63) is 51.6 Å². The van der Waals surface area contributed by atoms with Crippen LogP contribution in [-0.4, -0.2) is 37.6 Å². The first-order valence-corrected chi connectivity index (χ1v) is 9.61. The number of nitro benzene ring substituents is 1. The monoisotopic (exact) mass is 429 g/mol. The number of carbonyl (C=O) groups excluding carboxylic acids is 1. The van der Waals surface area contributed by atoms with E-state index in [1.54, 1.807) is 18.2 Å². The number of ether oxygens (including phenoxy) is 4. The first kappa shape index (κ1) is 21.9. The van der Waals surface area contributed by atoms with Gasteiger partial charge in [-0.1, -0.05) is 13.8 Å². The van der Waals surface area contributed by atoms with Crippen LogP contribution in [0, 0.1) is 16.0 Å². The molecule has 2 aromatic carbocycles. The number of nitrogens with one attached hydrogen (secondary N) is 1. The van der Waals surface area contributed by atoms with Crippen LogP contribution in [-0.2, 0) is 0 Å². The molecule has 2 aromatic rings. The van der Waals surface area contributed by atoms with Crippen LogP contribution >= 0.6 is 0 Å². The second kappa shape index (κ2) is 9.79. The zero-order valence-corrected chi connectivity index (χ0v) is 17.4. The summed E-state index contributed by atoms with van der Waals surface area (Å²) in [7, 11) is 1.49. The summed E-state index contributed by atoms with van der Waals surface area (Å²) in [5.74, 6) is 1.62. The number of carbonyl (C=O) groups is 1. The Labute approximate surface area is 178 Å². The number of amides is 1. The Morgan fingerprint density at radius 1 is 1.26 bits per heavy atom. The molecule has 0 saturated heterocycles. The van der Waals surface area contributed by atoms with Crippen LogP contribution in [0.2, 0.25) is 0 Å². The molecule has 1 heterocycles. The van der Waals surface area contributed by atoms with Gasteiger partial charge in [0.2, 0.25) is 6.79 Å². The molecule has 0 aliphatic carbocycles. The van der Waals surface area contributed by atoms with Gasteiger partial charge in [-0.2, -0.15) is 5.10 Å². The van der Waals surface area contributed by atoms with Crippen LogP contribution in [0.3, 0.4) is 0 Å². The van der Waals surface area contributed by atoms with E-state index in [0.29, 0.717) is 35.3 Å². The molecule has 1 aliphatic rings. The molecule has 0 fully saturated rings. The summed E-state index contributed by atoms with van der Waals surface area (Å²) < 4.78 is 21.4. The highest BCUT2D eigenvalue weighted by atomic mass is 16.7. The highest BCUT2D eigenvalue weighted by molar-refractivity contribution is 5.96. The summed E-state index contributed by atoms with van der Waals surface area (Å²) in [6.45, 7) is 4.74. The van der Waals surface area contributed by atoms with Crippen LogP contribution in [0.5, 0.6) is 23.0 Å². The first-order valence-electron chi connectivity index (χ1n) is 9.61. The largest absolute Gasteiger partial charge is 0.493 e. The van der Waals surface area contributed by atoms with Crippen molar-refractivity contribution in [2.24, 2.45) is 11.0 Å². The second-order valence-electron chi connectivity index (χ2n) is 7.12. The van der Waals surface area contributed by atoms with E-state index in [9.17, 15) is 14.9 Å². The third-order valence-electron chi connectivity index (χ3n) is 4.47. The van der Waals surface area contributed by atoms with Crippen molar-refractivity contribution >= 4 is 17.8 Å². The van der Waals surface area contributed by atoms with Crippen molar-refractivity contribution in [2.45, 2.75) is 20.3 Å². The van der Waals surface area contributed by atoms with E-state index >= 15 is 0 Å². The summed E-state index contributed by atoms with van der Waals surface area (Å²) in [6, 6.07) is 7.47. The summed E-state index contributed by atoms with van der Waals surface area (Å²) in [5, 5.41) is 15.1. The molecule has 10 heteroatoms.